The summed E-state index contributed by atoms with van der Waals surface area (Å²) in [7, 11) is 0. The molecule has 0 unspecified atom stereocenters. The molecule has 0 atom stereocenters. The summed E-state index contributed by atoms with van der Waals surface area (Å²) in [5, 5.41) is 9.80. The Bertz CT molecular complexity index is 361. The molecule has 0 bridgehead atoms. The molecule has 16 heavy (non-hydrogen) atoms. The molecule has 1 aromatic carbocycles. The second-order valence-electron chi connectivity index (χ2n) is 5.30. The first-order chi connectivity index (χ1) is 7.73. The highest BCUT2D eigenvalue weighted by Crippen LogP contribution is 2.38. The predicted molar refractivity (Wildman–Crippen MR) is 62.5 cm³/mol. The van der Waals surface area contributed by atoms with Crippen molar-refractivity contribution in [1.29, 1.82) is 0 Å². The molecule has 0 aliphatic heterocycles. The molecule has 2 nitrogen and oxygen atoms in total. The summed E-state index contributed by atoms with van der Waals surface area (Å²) in [6.45, 7) is 0.864. The van der Waals surface area contributed by atoms with Crippen LogP contribution in [-0.2, 0) is 6.42 Å². The third-order valence-corrected chi connectivity index (χ3v) is 3.47. The Hall–Kier alpha value is -1.02. The Kier molecular flexibility index (Phi) is 2.40. The van der Waals surface area contributed by atoms with Gasteiger partial charge in [-0.25, -0.2) is 0 Å². The minimum Gasteiger partial charge on any atom is -0.493 e. The lowest BCUT2D eigenvalue weighted by molar-refractivity contribution is 0.151. The maximum Gasteiger partial charge on any atom is 0.119 e. The summed E-state index contributed by atoms with van der Waals surface area (Å²) >= 11 is 0. The van der Waals surface area contributed by atoms with Crippen LogP contribution in [0.3, 0.4) is 0 Å². The molecule has 2 saturated carbocycles. The second kappa shape index (κ2) is 3.77. The molecular weight excluding hydrogens is 200 g/mol. The average molecular weight is 218 g/mol. The lowest BCUT2D eigenvalue weighted by atomic mass is 10.1. The van der Waals surface area contributed by atoms with Crippen molar-refractivity contribution >= 4 is 0 Å². The Labute approximate surface area is 96.2 Å². The lowest BCUT2D eigenvalue weighted by Crippen LogP contribution is -2.10. The average Bonchev–Trinajstić information content (AvgIpc) is 3.16. The van der Waals surface area contributed by atoms with Gasteiger partial charge in [-0.15, -0.1) is 0 Å². The van der Waals surface area contributed by atoms with E-state index >= 15 is 0 Å². The maximum absolute atomic E-state index is 9.80. The van der Waals surface area contributed by atoms with Gasteiger partial charge in [-0.3, -0.25) is 0 Å². The van der Waals surface area contributed by atoms with E-state index in [1.165, 1.54) is 18.4 Å². The van der Waals surface area contributed by atoms with Crippen LogP contribution >= 0.6 is 0 Å². The highest BCUT2D eigenvalue weighted by atomic mass is 16.5. The summed E-state index contributed by atoms with van der Waals surface area (Å²) in [5.74, 6) is 1.75. The van der Waals surface area contributed by atoms with E-state index < -0.39 is 5.60 Å². The highest BCUT2D eigenvalue weighted by Gasteiger charge is 2.39. The van der Waals surface area contributed by atoms with Gasteiger partial charge in [0.05, 0.1) is 12.2 Å². The monoisotopic (exact) mass is 218 g/mol. The van der Waals surface area contributed by atoms with Crippen LogP contribution < -0.4 is 4.74 Å². The summed E-state index contributed by atoms with van der Waals surface area (Å²) in [5.41, 5.74) is 0.815. The van der Waals surface area contributed by atoms with E-state index in [0.717, 1.165) is 37.5 Å². The molecule has 0 aromatic heterocycles. The van der Waals surface area contributed by atoms with Crippen molar-refractivity contribution < 1.29 is 9.84 Å². The molecule has 2 aliphatic carbocycles. The first-order valence-electron chi connectivity index (χ1n) is 6.18. The fraction of sp³-hybridized carbons (Fsp3) is 0.571. The number of benzene rings is 1. The number of hydrogen-bond donors (Lipinski definition) is 1. The topological polar surface area (TPSA) is 29.5 Å². The van der Waals surface area contributed by atoms with E-state index in [4.69, 9.17) is 4.74 Å². The van der Waals surface area contributed by atoms with Crippen molar-refractivity contribution in [2.75, 3.05) is 6.61 Å². The van der Waals surface area contributed by atoms with Crippen molar-refractivity contribution in [3.8, 4) is 5.75 Å². The minimum atomic E-state index is -0.392. The second-order valence-corrected chi connectivity index (χ2v) is 5.30. The lowest BCUT2D eigenvalue weighted by Gasteiger charge is -2.09. The first-order valence-corrected chi connectivity index (χ1v) is 6.18. The zero-order chi connectivity index (χ0) is 11.0. The molecule has 2 aliphatic rings. The summed E-state index contributed by atoms with van der Waals surface area (Å²) in [6.07, 6.45) is 5.34. The quantitative estimate of drug-likeness (QED) is 0.823. The molecular formula is C14H18O2. The van der Waals surface area contributed by atoms with Crippen LogP contribution in [0.4, 0.5) is 0 Å². The zero-order valence-electron chi connectivity index (χ0n) is 9.48. The van der Waals surface area contributed by atoms with E-state index in [-0.39, 0.29) is 0 Å². The van der Waals surface area contributed by atoms with Crippen molar-refractivity contribution in [1.82, 2.24) is 0 Å². The van der Waals surface area contributed by atoms with Crippen LogP contribution in [0.1, 0.15) is 31.2 Å². The summed E-state index contributed by atoms with van der Waals surface area (Å²) < 4.78 is 5.67. The van der Waals surface area contributed by atoms with Gasteiger partial charge in [0.2, 0.25) is 0 Å². The van der Waals surface area contributed by atoms with E-state index in [1.807, 2.05) is 12.1 Å². The third kappa shape index (κ3) is 2.56. The van der Waals surface area contributed by atoms with Gasteiger partial charge in [-0.05, 0) is 49.3 Å². The minimum absolute atomic E-state index is 0.392. The Morgan fingerprint density at radius 1 is 1.19 bits per heavy atom. The summed E-state index contributed by atoms with van der Waals surface area (Å²) in [4.78, 5) is 0. The molecule has 1 N–H and O–H groups in total. The van der Waals surface area contributed by atoms with Crippen LogP contribution in [0.25, 0.3) is 0 Å². The van der Waals surface area contributed by atoms with Crippen molar-refractivity contribution in [2.45, 2.75) is 37.7 Å². The first kappa shape index (κ1) is 10.2. The molecule has 2 fully saturated rings. The van der Waals surface area contributed by atoms with Crippen molar-refractivity contribution in [2.24, 2.45) is 5.92 Å². The van der Waals surface area contributed by atoms with Gasteiger partial charge < -0.3 is 9.84 Å². The SMILES string of the molecule is OC1(Cc2ccc(OCC3CC3)cc2)CC1. The Balaban J connectivity index is 1.55. The van der Waals surface area contributed by atoms with Gasteiger partial charge in [-0.1, -0.05) is 12.1 Å². The number of rotatable bonds is 5. The van der Waals surface area contributed by atoms with Crippen molar-refractivity contribution in [3.63, 3.8) is 0 Å². The zero-order valence-corrected chi connectivity index (χ0v) is 9.48. The van der Waals surface area contributed by atoms with Crippen LogP contribution in [0.2, 0.25) is 0 Å². The third-order valence-electron chi connectivity index (χ3n) is 3.47. The molecule has 0 radical (unpaired) electrons. The smallest absolute Gasteiger partial charge is 0.119 e. The van der Waals surface area contributed by atoms with Gasteiger partial charge in [0.1, 0.15) is 5.75 Å². The standard InChI is InChI=1S/C14H18O2/c15-14(7-8-14)9-11-3-5-13(6-4-11)16-10-12-1-2-12/h3-6,12,15H,1-2,7-10H2. The van der Waals surface area contributed by atoms with E-state index in [9.17, 15) is 5.11 Å². The molecule has 86 valence electrons. The molecule has 0 amide bonds. The molecule has 1 aromatic rings. The van der Waals surface area contributed by atoms with Crippen molar-refractivity contribution in [3.05, 3.63) is 29.8 Å². The number of ether oxygens (including phenoxy) is 1. The van der Waals surface area contributed by atoms with E-state index in [1.54, 1.807) is 0 Å². The normalized spacial score (nSPS) is 21.8. The highest BCUT2D eigenvalue weighted by molar-refractivity contribution is 5.29. The maximum atomic E-state index is 9.80. The number of hydrogen-bond acceptors (Lipinski definition) is 2. The predicted octanol–water partition coefficient (Wildman–Crippen LogP) is 2.54. The van der Waals surface area contributed by atoms with Gasteiger partial charge in [0.15, 0.2) is 0 Å². The van der Waals surface area contributed by atoms with Gasteiger partial charge in [0.25, 0.3) is 0 Å². The molecule has 2 heteroatoms. The van der Waals surface area contributed by atoms with E-state index in [0.29, 0.717) is 0 Å². The van der Waals surface area contributed by atoms with Crippen LogP contribution in [0.15, 0.2) is 24.3 Å². The van der Waals surface area contributed by atoms with Crippen LogP contribution in [-0.4, -0.2) is 17.3 Å². The molecule has 0 heterocycles. The summed E-state index contributed by atoms with van der Waals surface area (Å²) in [6, 6.07) is 8.17. The fourth-order valence-electron chi connectivity index (χ4n) is 1.90. The van der Waals surface area contributed by atoms with Gasteiger partial charge in [0, 0.05) is 6.42 Å². The molecule has 3 rings (SSSR count). The Morgan fingerprint density at radius 3 is 2.44 bits per heavy atom. The van der Waals surface area contributed by atoms with E-state index in [2.05, 4.69) is 12.1 Å². The molecule has 0 spiro atoms. The van der Waals surface area contributed by atoms with Gasteiger partial charge in [-0.2, -0.15) is 0 Å². The van der Waals surface area contributed by atoms with Crippen LogP contribution in [0.5, 0.6) is 5.75 Å². The van der Waals surface area contributed by atoms with Gasteiger partial charge >= 0.3 is 0 Å². The number of aliphatic hydroxyl groups is 1. The molecule has 0 saturated heterocycles. The Morgan fingerprint density at radius 2 is 1.88 bits per heavy atom. The van der Waals surface area contributed by atoms with Crippen LogP contribution in [0, 0.1) is 5.92 Å². The largest absolute Gasteiger partial charge is 0.493 e. The fourth-order valence-corrected chi connectivity index (χ4v) is 1.90.